The highest BCUT2D eigenvalue weighted by Crippen LogP contribution is 2.19. The molecule has 0 aliphatic carbocycles. The molecule has 0 heterocycles. The van der Waals surface area contributed by atoms with Crippen molar-refractivity contribution in [3.63, 3.8) is 0 Å². The summed E-state index contributed by atoms with van der Waals surface area (Å²) in [6.07, 6.45) is 0.765. The number of hydrogen-bond acceptors (Lipinski definition) is 3. The average Bonchev–Trinajstić information content (AvgIpc) is 2.17. The maximum Gasteiger partial charge on any atom is 0.270 e. The van der Waals surface area contributed by atoms with Crippen molar-refractivity contribution in [3.8, 4) is 6.07 Å². The normalized spacial score (nSPS) is 10.0. The first kappa shape index (κ1) is 11.2. The Hall–Kier alpha value is -1.89. The van der Waals surface area contributed by atoms with Crippen molar-refractivity contribution in [2.24, 2.45) is 5.92 Å². The van der Waals surface area contributed by atoms with E-state index in [1.165, 1.54) is 12.1 Å². The Labute approximate surface area is 88.3 Å². The van der Waals surface area contributed by atoms with Gasteiger partial charge in [0.05, 0.1) is 16.6 Å². The van der Waals surface area contributed by atoms with Crippen LogP contribution in [0.3, 0.4) is 0 Å². The summed E-state index contributed by atoms with van der Waals surface area (Å²) in [4.78, 5) is 10.0. The number of benzene rings is 1. The van der Waals surface area contributed by atoms with Crippen LogP contribution in [0.2, 0.25) is 0 Å². The first-order valence-corrected chi connectivity index (χ1v) is 4.72. The Morgan fingerprint density at radius 1 is 1.53 bits per heavy atom. The van der Waals surface area contributed by atoms with Gasteiger partial charge in [-0.25, -0.2) is 0 Å². The van der Waals surface area contributed by atoms with Gasteiger partial charge in [0.25, 0.3) is 5.69 Å². The molecule has 0 radical (unpaired) electrons. The van der Waals surface area contributed by atoms with E-state index in [0.29, 0.717) is 11.5 Å². The van der Waals surface area contributed by atoms with Crippen LogP contribution < -0.4 is 0 Å². The molecule has 0 saturated heterocycles. The van der Waals surface area contributed by atoms with E-state index in [2.05, 4.69) is 0 Å². The van der Waals surface area contributed by atoms with E-state index in [0.717, 1.165) is 12.0 Å². The lowest BCUT2D eigenvalue weighted by Crippen LogP contribution is -1.98. The van der Waals surface area contributed by atoms with Crippen LogP contribution in [0, 0.1) is 27.4 Å². The fourth-order valence-electron chi connectivity index (χ4n) is 1.40. The SMILES string of the molecule is CC(C)Cc1ccc([N+](=O)[O-])cc1C#N. The van der Waals surface area contributed by atoms with Crippen molar-refractivity contribution in [3.05, 3.63) is 39.4 Å². The Bertz CT molecular complexity index is 419. The Kier molecular flexibility index (Phi) is 3.40. The van der Waals surface area contributed by atoms with Crippen molar-refractivity contribution < 1.29 is 4.92 Å². The quantitative estimate of drug-likeness (QED) is 0.561. The molecule has 0 aliphatic heterocycles. The van der Waals surface area contributed by atoms with Crippen molar-refractivity contribution in [1.29, 1.82) is 5.26 Å². The summed E-state index contributed by atoms with van der Waals surface area (Å²) in [5, 5.41) is 19.4. The summed E-state index contributed by atoms with van der Waals surface area (Å²) in [5.74, 6) is 0.429. The molecule has 0 aromatic heterocycles. The molecule has 0 atom stereocenters. The molecular formula is C11H12N2O2. The van der Waals surface area contributed by atoms with E-state index in [-0.39, 0.29) is 5.69 Å². The largest absolute Gasteiger partial charge is 0.270 e. The van der Waals surface area contributed by atoms with E-state index in [4.69, 9.17) is 5.26 Å². The zero-order valence-corrected chi connectivity index (χ0v) is 8.73. The monoisotopic (exact) mass is 204 g/mol. The highest BCUT2D eigenvalue weighted by atomic mass is 16.6. The van der Waals surface area contributed by atoms with Crippen LogP contribution in [-0.2, 0) is 6.42 Å². The number of nitrogens with zero attached hydrogens (tertiary/aromatic N) is 2. The lowest BCUT2D eigenvalue weighted by atomic mass is 9.98. The minimum atomic E-state index is -0.486. The Morgan fingerprint density at radius 2 is 2.20 bits per heavy atom. The smallest absolute Gasteiger partial charge is 0.258 e. The minimum Gasteiger partial charge on any atom is -0.258 e. The van der Waals surface area contributed by atoms with E-state index >= 15 is 0 Å². The summed E-state index contributed by atoms with van der Waals surface area (Å²) in [6.45, 7) is 4.09. The highest BCUT2D eigenvalue weighted by molar-refractivity contribution is 5.46. The third kappa shape index (κ3) is 2.78. The van der Waals surface area contributed by atoms with Crippen LogP contribution in [0.4, 0.5) is 5.69 Å². The predicted octanol–water partition coefficient (Wildman–Crippen LogP) is 2.66. The van der Waals surface area contributed by atoms with Gasteiger partial charge in [0.15, 0.2) is 0 Å². The van der Waals surface area contributed by atoms with Crippen LogP contribution in [0.25, 0.3) is 0 Å². The summed E-state index contributed by atoms with van der Waals surface area (Å²) in [6, 6.07) is 6.43. The summed E-state index contributed by atoms with van der Waals surface area (Å²) >= 11 is 0. The Balaban J connectivity index is 3.11. The van der Waals surface area contributed by atoms with Crippen LogP contribution in [0.15, 0.2) is 18.2 Å². The van der Waals surface area contributed by atoms with Crippen LogP contribution >= 0.6 is 0 Å². The van der Waals surface area contributed by atoms with Crippen LogP contribution in [-0.4, -0.2) is 4.92 Å². The van der Waals surface area contributed by atoms with Crippen molar-refractivity contribution in [1.82, 2.24) is 0 Å². The molecule has 15 heavy (non-hydrogen) atoms. The third-order valence-electron chi connectivity index (χ3n) is 2.05. The van der Waals surface area contributed by atoms with E-state index in [1.54, 1.807) is 6.07 Å². The van der Waals surface area contributed by atoms with Gasteiger partial charge < -0.3 is 0 Å². The lowest BCUT2D eigenvalue weighted by Gasteiger charge is -2.06. The van der Waals surface area contributed by atoms with Crippen molar-refractivity contribution in [2.75, 3.05) is 0 Å². The van der Waals surface area contributed by atoms with Gasteiger partial charge in [-0.2, -0.15) is 5.26 Å². The molecule has 0 saturated carbocycles. The van der Waals surface area contributed by atoms with E-state index in [1.807, 2.05) is 19.9 Å². The van der Waals surface area contributed by atoms with Gasteiger partial charge in [0, 0.05) is 12.1 Å². The second kappa shape index (κ2) is 4.56. The lowest BCUT2D eigenvalue weighted by molar-refractivity contribution is -0.384. The number of rotatable bonds is 3. The summed E-state index contributed by atoms with van der Waals surface area (Å²) in [5.41, 5.74) is 1.25. The number of nitro groups is 1. The first-order valence-electron chi connectivity index (χ1n) is 4.72. The molecule has 0 fully saturated rings. The highest BCUT2D eigenvalue weighted by Gasteiger charge is 2.11. The number of nitro benzene ring substituents is 1. The van der Waals surface area contributed by atoms with Gasteiger partial charge in [-0.15, -0.1) is 0 Å². The Morgan fingerprint density at radius 3 is 2.67 bits per heavy atom. The number of hydrogen-bond donors (Lipinski definition) is 0. The second-order valence-corrected chi connectivity index (χ2v) is 3.81. The molecular weight excluding hydrogens is 192 g/mol. The molecule has 4 nitrogen and oxygen atoms in total. The molecule has 1 aromatic rings. The fourth-order valence-corrected chi connectivity index (χ4v) is 1.40. The number of non-ortho nitro benzene ring substituents is 1. The van der Waals surface area contributed by atoms with Gasteiger partial charge in [-0.1, -0.05) is 19.9 Å². The molecule has 0 amide bonds. The molecule has 0 spiro atoms. The van der Waals surface area contributed by atoms with Gasteiger partial charge in [-0.05, 0) is 17.9 Å². The molecule has 78 valence electrons. The van der Waals surface area contributed by atoms with Crippen molar-refractivity contribution in [2.45, 2.75) is 20.3 Å². The molecule has 0 N–H and O–H groups in total. The van der Waals surface area contributed by atoms with Crippen molar-refractivity contribution >= 4 is 5.69 Å². The van der Waals surface area contributed by atoms with E-state index in [9.17, 15) is 10.1 Å². The van der Waals surface area contributed by atoms with Gasteiger partial charge in [0.1, 0.15) is 0 Å². The minimum absolute atomic E-state index is 0.0287. The van der Waals surface area contributed by atoms with Gasteiger partial charge in [0.2, 0.25) is 0 Å². The maximum atomic E-state index is 10.5. The fraction of sp³-hybridized carbons (Fsp3) is 0.364. The summed E-state index contributed by atoms with van der Waals surface area (Å²) in [7, 11) is 0. The zero-order valence-electron chi connectivity index (χ0n) is 8.73. The first-order chi connectivity index (χ1) is 7.04. The predicted molar refractivity (Wildman–Crippen MR) is 56.4 cm³/mol. The average molecular weight is 204 g/mol. The topological polar surface area (TPSA) is 66.9 Å². The maximum absolute atomic E-state index is 10.5. The van der Waals surface area contributed by atoms with Crippen LogP contribution in [0.1, 0.15) is 25.0 Å². The zero-order chi connectivity index (χ0) is 11.4. The standard InChI is InChI=1S/C11H12N2O2/c1-8(2)5-9-3-4-11(13(14)15)6-10(9)7-12/h3-4,6,8H,5H2,1-2H3. The third-order valence-corrected chi connectivity index (χ3v) is 2.05. The summed E-state index contributed by atoms with van der Waals surface area (Å²) < 4.78 is 0. The molecule has 1 rings (SSSR count). The van der Waals surface area contributed by atoms with E-state index < -0.39 is 4.92 Å². The molecule has 0 unspecified atom stereocenters. The van der Waals surface area contributed by atoms with Crippen LogP contribution in [0.5, 0.6) is 0 Å². The molecule has 0 bridgehead atoms. The van der Waals surface area contributed by atoms with Gasteiger partial charge in [-0.3, -0.25) is 10.1 Å². The van der Waals surface area contributed by atoms with Gasteiger partial charge >= 0.3 is 0 Å². The molecule has 4 heteroatoms. The second-order valence-electron chi connectivity index (χ2n) is 3.81. The number of nitriles is 1. The molecule has 0 aliphatic rings. The molecule has 1 aromatic carbocycles.